The molecule has 1 heterocycles. The second-order valence-corrected chi connectivity index (χ2v) is 5.27. The Morgan fingerprint density at radius 3 is 2.56 bits per heavy atom. The van der Waals surface area contributed by atoms with E-state index in [9.17, 15) is 15.2 Å². The Balaban J connectivity index is 2.08. The Morgan fingerprint density at radius 1 is 1.16 bits per heavy atom. The molecule has 25 heavy (non-hydrogen) atoms. The normalized spacial score (nSPS) is 11.1. The molecule has 0 saturated carbocycles. The van der Waals surface area contributed by atoms with Crippen LogP contribution in [0.2, 0.25) is 0 Å². The maximum Gasteiger partial charge on any atom is 0.275 e. The van der Waals surface area contributed by atoms with E-state index >= 15 is 0 Å². The summed E-state index contributed by atoms with van der Waals surface area (Å²) in [6.45, 7) is 1.63. The summed E-state index contributed by atoms with van der Waals surface area (Å²) in [6.07, 6.45) is 0. The molecule has 0 aliphatic heterocycles. The Kier molecular flexibility index (Phi) is 4.25. The molecular weight excluding hydrogens is 324 g/mol. The van der Waals surface area contributed by atoms with Crippen LogP contribution in [0.5, 0.6) is 11.5 Å². The van der Waals surface area contributed by atoms with Gasteiger partial charge in [0, 0.05) is 28.6 Å². The fraction of sp³-hybridized carbons (Fsp3) is 0.118. The van der Waals surface area contributed by atoms with Crippen LogP contribution in [-0.4, -0.2) is 22.1 Å². The van der Waals surface area contributed by atoms with E-state index in [1.54, 1.807) is 25.1 Å². The summed E-state index contributed by atoms with van der Waals surface area (Å²) in [7, 11) is 1.52. The van der Waals surface area contributed by atoms with Gasteiger partial charge in [0.2, 0.25) is 0 Å². The van der Waals surface area contributed by atoms with Crippen molar-refractivity contribution in [2.45, 2.75) is 6.92 Å². The summed E-state index contributed by atoms with van der Waals surface area (Å²) in [5.74, 6) is 0.561. The number of methoxy groups -OCH3 is 1. The van der Waals surface area contributed by atoms with Crippen molar-refractivity contribution in [3.8, 4) is 11.5 Å². The minimum absolute atomic E-state index is 0.0534. The molecule has 126 valence electrons. The van der Waals surface area contributed by atoms with E-state index in [2.05, 4.69) is 15.2 Å². The third-order valence-corrected chi connectivity index (χ3v) is 3.57. The zero-order valence-corrected chi connectivity index (χ0v) is 13.5. The SMILES string of the molecule is COc1cc(N=Nc2cc([N+](=O)[O-])cc(C)n2)c(O)c2ccccc12. The quantitative estimate of drug-likeness (QED) is 0.425. The fourth-order valence-electron chi connectivity index (χ4n) is 2.45. The summed E-state index contributed by atoms with van der Waals surface area (Å²) in [5.41, 5.74) is 0.506. The maximum absolute atomic E-state index is 10.9. The van der Waals surface area contributed by atoms with E-state index in [0.29, 0.717) is 16.8 Å². The highest BCUT2D eigenvalue weighted by Crippen LogP contribution is 2.41. The molecule has 0 amide bonds. The fourth-order valence-corrected chi connectivity index (χ4v) is 2.45. The Labute approximate surface area is 142 Å². The van der Waals surface area contributed by atoms with Crippen molar-refractivity contribution in [2.24, 2.45) is 10.2 Å². The number of ether oxygens (including phenoxy) is 1. The van der Waals surface area contributed by atoms with Crippen molar-refractivity contribution in [1.29, 1.82) is 0 Å². The van der Waals surface area contributed by atoms with Crippen LogP contribution in [0.3, 0.4) is 0 Å². The molecule has 0 bridgehead atoms. The first kappa shape index (κ1) is 16.3. The van der Waals surface area contributed by atoms with Crippen molar-refractivity contribution in [2.75, 3.05) is 7.11 Å². The molecule has 1 aromatic heterocycles. The van der Waals surface area contributed by atoms with Gasteiger partial charge in [0.25, 0.3) is 5.69 Å². The number of phenols is 1. The Morgan fingerprint density at radius 2 is 1.88 bits per heavy atom. The highest BCUT2D eigenvalue weighted by atomic mass is 16.6. The molecule has 0 aliphatic rings. The lowest BCUT2D eigenvalue weighted by molar-refractivity contribution is -0.384. The van der Waals surface area contributed by atoms with Crippen LogP contribution in [0.4, 0.5) is 17.2 Å². The van der Waals surface area contributed by atoms with Crippen molar-refractivity contribution >= 4 is 28.0 Å². The van der Waals surface area contributed by atoms with Gasteiger partial charge in [0.15, 0.2) is 11.6 Å². The van der Waals surface area contributed by atoms with Gasteiger partial charge in [-0.15, -0.1) is 10.2 Å². The van der Waals surface area contributed by atoms with E-state index in [1.807, 2.05) is 12.1 Å². The molecule has 0 unspecified atom stereocenters. The second-order valence-electron chi connectivity index (χ2n) is 5.27. The summed E-state index contributed by atoms with van der Waals surface area (Å²) in [4.78, 5) is 14.5. The summed E-state index contributed by atoms with van der Waals surface area (Å²) in [6, 6.07) is 11.3. The molecule has 0 radical (unpaired) electrons. The van der Waals surface area contributed by atoms with Crippen LogP contribution in [-0.2, 0) is 0 Å². The molecule has 8 heteroatoms. The molecule has 0 aliphatic carbocycles. The van der Waals surface area contributed by atoms with E-state index in [4.69, 9.17) is 4.74 Å². The van der Waals surface area contributed by atoms with Gasteiger partial charge < -0.3 is 9.84 Å². The number of aromatic nitrogens is 1. The number of phenolic OH excluding ortho intramolecular Hbond substituents is 1. The van der Waals surface area contributed by atoms with Gasteiger partial charge in [-0.2, -0.15) is 0 Å². The van der Waals surface area contributed by atoms with Crippen LogP contribution < -0.4 is 4.74 Å². The van der Waals surface area contributed by atoms with Crippen molar-refractivity contribution < 1.29 is 14.8 Å². The largest absolute Gasteiger partial charge is 0.505 e. The number of benzene rings is 2. The average molecular weight is 338 g/mol. The van der Waals surface area contributed by atoms with E-state index in [0.717, 1.165) is 5.39 Å². The zero-order chi connectivity index (χ0) is 18.0. The number of nitrogens with zero attached hydrogens (tertiary/aromatic N) is 4. The van der Waals surface area contributed by atoms with Crippen LogP contribution in [0, 0.1) is 17.0 Å². The van der Waals surface area contributed by atoms with Gasteiger partial charge in [0.05, 0.1) is 18.1 Å². The van der Waals surface area contributed by atoms with Crippen LogP contribution >= 0.6 is 0 Å². The lowest BCUT2D eigenvalue weighted by Gasteiger charge is -2.09. The summed E-state index contributed by atoms with van der Waals surface area (Å²) >= 11 is 0. The Bertz CT molecular complexity index is 1000. The number of pyridine rings is 1. The van der Waals surface area contributed by atoms with Gasteiger partial charge in [-0.05, 0) is 6.92 Å². The highest BCUT2D eigenvalue weighted by Gasteiger charge is 2.12. The van der Waals surface area contributed by atoms with Gasteiger partial charge in [-0.1, -0.05) is 24.3 Å². The first-order valence-electron chi connectivity index (χ1n) is 7.33. The number of azo groups is 1. The molecule has 0 fully saturated rings. The lowest BCUT2D eigenvalue weighted by Crippen LogP contribution is -1.90. The van der Waals surface area contributed by atoms with Gasteiger partial charge >= 0.3 is 0 Å². The summed E-state index contributed by atoms with van der Waals surface area (Å²) in [5, 5.41) is 30.5. The average Bonchev–Trinajstić information content (AvgIpc) is 2.61. The molecular formula is C17H14N4O4. The number of fused-ring (bicyclic) bond motifs is 1. The zero-order valence-electron chi connectivity index (χ0n) is 13.5. The summed E-state index contributed by atoms with van der Waals surface area (Å²) < 4.78 is 5.33. The molecule has 0 atom stereocenters. The molecule has 1 N–H and O–H groups in total. The first-order valence-corrected chi connectivity index (χ1v) is 7.33. The molecule has 0 spiro atoms. The molecule has 3 rings (SSSR count). The van der Waals surface area contributed by atoms with E-state index in [-0.39, 0.29) is 22.9 Å². The van der Waals surface area contributed by atoms with E-state index < -0.39 is 4.92 Å². The maximum atomic E-state index is 10.9. The number of aromatic hydroxyl groups is 1. The number of aryl methyl sites for hydroxylation is 1. The molecule has 3 aromatic rings. The first-order chi connectivity index (χ1) is 12.0. The predicted molar refractivity (Wildman–Crippen MR) is 92.0 cm³/mol. The van der Waals surface area contributed by atoms with Gasteiger partial charge in [0.1, 0.15) is 11.4 Å². The predicted octanol–water partition coefficient (Wildman–Crippen LogP) is 4.58. The highest BCUT2D eigenvalue weighted by molar-refractivity contribution is 5.97. The monoisotopic (exact) mass is 338 g/mol. The minimum Gasteiger partial charge on any atom is -0.505 e. The number of nitro groups is 1. The lowest BCUT2D eigenvalue weighted by atomic mass is 10.1. The Hall–Kier alpha value is -3.55. The van der Waals surface area contributed by atoms with Crippen molar-refractivity contribution in [3.63, 3.8) is 0 Å². The van der Waals surface area contributed by atoms with Crippen LogP contribution in [0.1, 0.15) is 5.69 Å². The topological polar surface area (TPSA) is 110 Å². The number of hydrogen-bond donors (Lipinski definition) is 1. The van der Waals surface area contributed by atoms with Crippen LogP contribution in [0.25, 0.3) is 10.8 Å². The second kappa shape index (κ2) is 6.52. The molecule has 0 saturated heterocycles. The van der Waals surface area contributed by atoms with E-state index in [1.165, 1.54) is 19.2 Å². The minimum atomic E-state index is -0.524. The third kappa shape index (κ3) is 3.23. The smallest absolute Gasteiger partial charge is 0.275 e. The standard InChI is InChI=1S/C17H14N4O4/c1-10-7-11(21(23)24)8-16(18-10)20-19-14-9-15(25-2)12-5-3-4-6-13(12)17(14)22/h3-9,22H,1-2H3. The molecule has 8 nitrogen and oxygen atoms in total. The van der Waals surface area contributed by atoms with Crippen molar-refractivity contribution in [3.05, 3.63) is 58.3 Å². The van der Waals surface area contributed by atoms with Crippen LogP contribution in [0.15, 0.2) is 52.7 Å². The number of rotatable bonds is 4. The molecule has 2 aromatic carbocycles. The number of hydrogen-bond acceptors (Lipinski definition) is 7. The van der Waals surface area contributed by atoms with Crippen molar-refractivity contribution in [1.82, 2.24) is 4.98 Å². The van der Waals surface area contributed by atoms with Gasteiger partial charge in [-0.3, -0.25) is 10.1 Å². The van der Waals surface area contributed by atoms with Gasteiger partial charge in [-0.25, -0.2) is 4.98 Å². The third-order valence-electron chi connectivity index (χ3n) is 3.57.